The zero-order valence-electron chi connectivity index (χ0n) is 12.2. The average molecular weight is 318 g/mol. The number of thiazole rings is 1. The first-order chi connectivity index (χ1) is 9.74. The molecule has 0 aromatic carbocycles. The van der Waals surface area contributed by atoms with Gasteiger partial charge in [-0.15, -0.1) is 11.3 Å². The van der Waals surface area contributed by atoms with E-state index in [0.717, 1.165) is 16.3 Å². The van der Waals surface area contributed by atoms with Crippen molar-refractivity contribution in [3.05, 3.63) is 16.1 Å². The van der Waals surface area contributed by atoms with Gasteiger partial charge in [-0.25, -0.2) is 4.98 Å². The summed E-state index contributed by atoms with van der Waals surface area (Å²) in [4.78, 5) is 16.6. The third kappa shape index (κ3) is 3.40. The van der Waals surface area contributed by atoms with E-state index in [9.17, 15) is 18.7 Å². The number of nitrogens with one attached hydrogen (secondary N) is 1. The number of rotatable bonds is 6. The summed E-state index contributed by atoms with van der Waals surface area (Å²) in [5.74, 6) is -4.68. The molecule has 1 heterocycles. The van der Waals surface area contributed by atoms with Gasteiger partial charge in [0, 0.05) is 17.5 Å². The molecular weight excluding hydrogens is 298 g/mol. The molecule has 0 aliphatic heterocycles. The topological polar surface area (TPSA) is 62.2 Å². The van der Waals surface area contributed by atoms with Crippen LogP contribution in [-0.2, 0) is 17.8 Å². The molecule has 1 aliphatic carbocycles. The summed E-state index contributed by atoms with van der Waals surface area (Å²) in [6.45, 7) is 4.16. The Morgan fingerprint density at radius 3 is 2.76 bits per heavy atom. The lowest BCUT2D eigenvalue weighted by atomic mass is 9.75. The van der Waals surface area contributed by atoms with Gasteiger partial charge in [-0.3, -0.25) is 4.79 Å². The Morgan fingerprint density at radius 1 is 1.57 bits per heavy atom. The van der Waals surface area contributed by atoms with Crippen LogP contribution in [0.15, 0.2) is 6.20 Å². The van der Waals surface area contributed by atoms with Crippen LogP contribution in [0.4, 0.5) is 8.78 Å². The first kappa shape index (κ1) is 16.3. The van der Waals surface area contributed by atoms with E-state index in [-0.39, 0.29) is 19.4 Å². The van der Waals surface area contributed by atoms with Gasteiger partial charge in [-0.05, 0) is 25.2 Å². The molecule has 1 amide bonds. The average Bonchev–Trinajstić information content (AvgIpc) is 2.79. The van der Waals surface area contributed by atoms with Crippen molar-refractivity contribution in [3.63, 3.8) is 0 Å². The molecule has 118 valence electrons. The molecule has 0 spiro atoms. The molecule has 2 N–H and O–H groups in total. The first-order valence-electron chi connectivity index (χ1n) is 7.07. The van der Waals surface area contributed by atoms with Crippen LogP contribution in [0.3, 0.4) is 0 Å². The molecule has 7 heteroatoms. The monoisotopic (exact) mass is 318 g/mol. The predicted molar refractivity (Wildman–Crippen MR) is 76.3 cm³/mol. The summed E-state index contributed by atoms with van der Waals surface area (Å²) < 4.78 is 27.7. The number of amides is 1. The molecule has 1 saturated carbocycles. The van der Waals surface area contributed by atoms with E-state index < -0.39 is 17.4 Å². The van der Waals surface area contributed by atoms with Crippen LogP contribution >= 0.6 is 11.3 Å². The van der Waals surface area contributed by atoms with Gasteiger partial charge in [0.05, 0.1) is 11.6 Å². The summed E-state index contributed by atoms with van der Waals surface area (Å²) >= 11 is 1.41. The van der Waals surface area contributed by atoms with Crippen molar-refractivity contribution in [3.8, 4) is 0 Å². The maximum Gasteiger partial charge on any atom is 0.352 e. The molecule has 0 saturated heterocycles. The largest absolute Gasteiger partial charge is 0.383 e. The Balaban J connectivity index is 1.90. The number of carbonyl (C=O) groups is 1. The quantitative estimate of drug-likeness (QED) is 0.847. The maximum absolute atomic E-state index is 13.9. The predicted octanol–water partition coefficient (Wildman–Crippen LogP) is 2.51. The van der Waals surface area contributed by atoms with Crippen LogP contribution in [-0.4, -0.2) is 27.5 Å². The standard InChI is InChI=1S/C14H20F2N2O2S/c1-9(2)6-11-17-7-10(21-11)8-18-12(19)14(15,16)13(20)4-3-5-13/h7,9,20H,3-6,8H2,1-2H3,(H,18,19). The molecule has 21 heavy (non-hydrogen) atoms. The number of aliphatic hydroxyl groups is 1. The van der Waals surface area contributed by atoms with Crippen molar-refractivity contribution >= 4 is 17.2 Å². The van der Waals surface area contributed by atoms with E-state index in [4.69, 9.17) is 0 Å². The van der Waals surface area contributed by atoms with Crippen molar-refractivity contribution in [1.82, 2.24) is 10.3 Å². The van der Waals surface area contributed by atoms with E-state index in [0.29, 0.717) is 12.3 Å². The highest BCUT2D eigenvalue weighted by Crippen LogP contribution is 2.44. The summed E-state index contributed by atoms with van der Waals surface area (Å²) in [5, 5.41) is 12.8. The molecule has 1 aliphatic rings. The highest BCUT2D eigenvalue weighted by molar-refractivity contribution is 7.11. The van der Waals surface area contributed by atoms with E-state index >= 15 is 0 Å². The Labute approximate surface area is 126 Å². The lowest BCUT2D eigenvalue weighted by molar-refractivity contribution is -0.216. The number of alkyl halides is 2. The molecular formula is C14H20F2N2O2S. The Kier molecular flexibility index (Phi) is 4.63. The fourth-order valence-electron chi connectivity index (χ4n) is 2.19. The molecule has 2 rings (SSSR count). The van der Waals surface area contributed by atoms with E-state index in [2.05, 4.69) is 24.1 Å². The van der Waals surface area contributed by atoms with Crippen LogP contribution in [0.25, 0.3) is 0 Å². The van der Waals surface area contributed by atoms with Gasteiger partial charge < -0.3 is 10.4 Å². The number of hydrogen-bond donors (Lipinski definition) is 2. The minimum absolute atomic E-state index is 0.0142. The fourth-order valence-corrected chi connectivity index (χ4v) is 3.26. The minimum atomic E-state index is -3.74. The number of nitrogens with zero attached hydrogens (tertiary/aromatic N) is 1. The zero-order valence-corrected chi connectivity index (χ0v) is 13.0. The minimum Gasteiger partial charge on any atom is -0.383 e. The molecule has 0 atom stereocenters. The van der Waals surface area contributed by atoms with Crippen LogP contribution in [0.2, 0.25) is 0 Å². The molecule has 1 fully saturated rings. The first-order valence-corrected chi connectivity index (χ1v) is 7.88. The number of aromatic nitrogens is 1. The lowest BCUT2D eigenvalue weighted by Gasteiger charge is -2.41. The third-order valence-corrected chi connectivity index (χ3v) is 4.68. The molecule has 0 bridgehead atoms. The second-order valence-electron chi connectivity index (χ2n) is 5.96. The van der Waals surface area contributed by atoms with Gasteiger partial charge >= 0.3 is 5.92 Å². The van der Waals surface area contributed by atoms with Gasteiger partial charge in [0.2, 0.25) is 0 Å². The highest BCUT2D eigenvalue weighted by atomic mass is 32.1. The van der Waals surface area contributed by atoms with Crippen LogP contribution in [0.1, 0.15) is 43.0 Å². The Hall–Kier alpha value is -1.08. The fraction of sp³-hybridized carbons (Fsp3) is 0.714. The molecule has 4 nitrogen and oxygen atoms in total. The van der Waals surface area contributed by atoms with Gasteiger partial charge in [0.25, 0.3) is 5.91 Å². The molecule has 0 radical (unpaired) electrons. The normalized spacial score (nSPS) is 17.6. The number of carbonyl (C=O) groups excluding carboxylic acids is 1. The summed E-state index contributed by atoms with van der Waals surface area (Å²) in [6.07, 6.45) is 2.87. The van der Waals surface area contributed by atoms with Gasteiger partial charge in [0.15, 0.2) is 0 Å². The Bertz CT molecular complexity index is 513. The summed E-state index contributed by atoms with van der Waals surface area (Å²) in [7, 11) is 0. The van der Waals surface area contributed by atoms with Crippen molar-refractivity contribution < 1.29 is 18.7 Å². The third-order valence-electron chi connectivity index (χ3n) is 3.66. The van der Waals surface area contributed by atoms with Crippen molar-refractivity contribution in [2.75, 3.05) is 0 Å². The molecule has 0 unspecified atom stereocenters. The van der Waals surface area contributed by atoms with Crippen LogP contribution < -0.4 is 5.32 Å². The van der Waals surface area contributed by atoms with E-state index in [1.807, 2.05) is 0 Å². The maximum atomic E-state index is 13.9. The highest BCUT2D eigenvalue weighted by Gasteiger charge is 2.61. The zero-order chi connectivity index (χ0) is 15.7. The second-order valence-corrected chi connectivity index (χ2v) is 7.16. The van der Waals surface area contributed by atoms with Crippen LogP contribution in [0, 0.1) is 5.92 Å². The van der Waals surface area contributed by atoms with Gasteiger partial charge in [-0.1, -0.05) is 13.8 Å². The summed E-state index contributed by atoms with van der Waals surface area (Å²) in [6, 6.07) is 0. The Morgan fingerprint density at radius 2 is 2.24 bits per heavy atom. The van der Waals surface area contributed by atoms with Crippen molar-refractivity contribution in [1.29, 1.82) is 0 Å². The summed E-state index contributed by atoms with van der Waals surface area (Å²) in [5.41, 5.74) is -2.17. The van der Waals surface area contributed by atoms with Crippen molar-refractivity contribution in [2.45, 2.75) is 57.6 Å². The SMILES string of the molecule is CC(C)Cc1ncc(CNC(=O)C(F)(F)C2(O)CCC2)s1. The smallest absolute Gasteiger partial charge is 0.352 e. The van der Waals surface area contributed by atoms with Gasteiger partial charge in [-0.2, -0.15) is 8.78 Å². The second kappa shape index (κ2) is 5.96. The number of hydrogen-bond acceptors (Lipinski definition) is 4. The van der Waals surface area contributed by atoms with Crippen LogP contribution in [0.5, 0.6) is 0 Å². The van der Waals surface area contributed by atoms with E-state index in [1.165, 1.54) is 11.3 Å². The van der Waals surface area contributed by atoms with Crippen molar-refractivity contribution in [2.24, 2.45) is 5.92 Å². The molecule has 1 aromatic rings. The lowest BCUT2D eigenvalue weighted by Crippen LogP contribution is -2.60. The number of halogens is 2. The van der Waals surface area contributed by atoms with Gasteiger partial charge in [0.1, 0.15) is 5.60 Å². The van der Waals surface area contributed by atoms with E-state index in [1.54, 1.807) is 6.20 Å². The molecule has 1 aromatic heterocycles.